The number of carbonyl (C=O) groups is 3. The highest BCUT2D eigenvalue weighted by molar-refractivity contribution is 5.71. The lowest BCUT2D eigenvalue weighted by atomic mass is 10.0. The Morgan fingerprint density at radius 3 is 0.984 bits per heavy atom. The lowest BCUT2D eigenvalue weighted by Crippen LogP contribution is -2.30. The summed E-state index contributed by atoms with van der Waals surface area (Å²) >= 11 is 0. The summed E-state index contributed by atoms with van der Waals surface area (Å²) < 4.78 is 16.8. The van der Waals surface area contributed by atoms with Gasteiger partial charge in [-0.15, -0.1) is 0 Å². The van der Waals surface area contributed by atoms with Gasteiger partial charge in [-0.1, -0.05) is 231 Å². The molecule has 0 spiro atoms. The Morgan fingerprint density at radius 2 is 0.629 bits per heavy atom. The largest absolute Gasteiger partial charge is 0.462 e. The fourth-order valence-electron chi connectivity index (χ4n) is 7.83. The second-order valence-corrected chi connectivity index (χ2v) is 18.1. The molecule has 0 aromatic rings. The maximum Gasteiger partial charge on any atom is 0.306 e. The average Bonchev–Trinajstić information content (AvgIpc) is 3.27. The number of hydrogen-bond acceptors (Lipinski definition) is 6. The molecule has 0 saturated carbocycles. The number of esters is 3. The normalized spacial score (nSPS) is 12.2. The van der Waals surface area contributed by atoms with E-state index in [1.807, 2.05) is 0 Å². The van der Waals surface area contributed by atoms with E-state index in [-0.39, 0.29) is 31.1 Å². The molecular weight excluding hydrogens is 769 g/mol. The van der Waals surface area contributed by atoms with Crippen LogP contribution in [0.15, 0.2) is 36.5 Å². The maximum absolute atomic E-state index is 12.8. The van der Waals surface area contributed by atoms with Gasteiger partial charge in [0, 0.05) is 19.3 Å². The Morgan fingerprint density at radius 1 is 0.339 bits per heavy atom. The molecule has 1 unspecified atom stereocenters. The minimum absolute atomic E-state index is 0.0748. The molecule has 0 fully saturated rings. The van der Waals surface area contributed by atoms with Crippen molar-refractivity contribution in [2.75, 3.05) is 13.2 Å². The Hall–Kier alpha value is -2.37. The first kappa shape index (κ1) is 59.6. The summed E-state index contributed by atoms with van der Waals surface area (Å²) in [7, 11) is 0. The number of allylic oxidation sites excluding steroid dienone is 6. The van der Waals surface area contributed by atoms with Gasteiger partial charge in [-0.05, 0) is 70.6 Å². The minimum atomic E-state index is -0.776. The molecular formula is C56H102O6. The lowest BCUT2D eigenvalue weighted by Gasteiger charge is -2.18. The summed E-state index contributed by atoms with van der Waals surface area (Å²) in [4.78, 5) is 38.0. The zero-order valence-electron chi connectivity index (χ0n) is 41.4. The number of ether oxygens (including phenoxy) is 3. The van der Waals surface area contributed by atoms with Crippen molar-refractivity contribution in [1.82, 2.24) is 0 Å². The van der Waals surface area contributed by atoms with Crippen LogP contribution in [-0.4, -0.2) is 37.2 Å². The average molecular weight is 871 g/mol. The van der Waals surface area contributed by atoms with Gasteiger partial charge in [0.15, 0.2) is 6.10 Å². The van der Waals surface area contributed by atoms with Crippen LogP contribution in [0.3, 0.4) is 0 Å². The number of hydrogen-bond donors (Lipinski definition) is 0. The van der Waals surface area contributed by atoms with Crippen LogP contribution in [0.5, 0.6) is 0 Å². The summed E-state index contributed by atoms with van der Waals surface area (Å²) in [6, 6.07) is 0. The molecule has 0 rings (SSSR count). The Bertz CT molecular complexity index is 1050. The number of rotatable bonds is 49. The van der Waals surface area contributed by atoms with Crippen LogP contribution >= 0.6 is 0 Å². The van der Waals surface area contributed by atoms with Crippen LogP contribution in [0.4, 0.5) is 0 Å². The fraction of sp³-hybridized carbons (Fsp3) is 0.839. The van der Waals surface area contributed by atoms with Gasteiger partial charge >= 0.3 is 17.9 Å². The first-order chi connectivity index (χ1) is 30.5. The third kappa shape index (κ3) is 48.7. The van der Waals surface area contributed by atoms with Crippen LogP contribution in [0.1, 0.15) is 284 Å². The van der Waals surface area contributed by atoms with Crippen LogP contribution in [0, 0.1) is 0 Å². The highest BCUT2D eigenvalue weighted by Gasteiger charge is 2.19. The van der Waals surface area contributed by atoms with Gasteiger partial charge in [0.05, 0.1) is 0 Å². The molecule has 0 aromatic heterocycles. The molecule has 6 nitrogen and oxygen atoms in total. The van der Waals surface area contributed by atoms with E-state index in [0.29, 0.717) is 19.3 Å². The standard InChI is InChI=1S/C56H102O6/c1-4-7-10-13-16-19-22-25-28-29-32-34-37-40-43-46-49-55(58)61-52-53(62-56(59)50-47-44-41-38-35-31-27-24-21-18-15-12-9-6-3)51-60-54(57)48-45-42-39-36-33-30-26-23-20-17-14-11-8-5-2/h9,12,18,21,28-29,53H,4-8,10-11,13-17,19-20,22-27,30-52H2,1-3H3/b12-9-,21-18-,29-28-. The molecule has 0 bridgehead atoms. The molecule has 0 heterocycles. The van der Waals surface area contributed by atoms with Crippen LogP contribution < -0.4 is 0 Å². The van der Waals surface area contributed by atoms with E-state index in [2.05, 4.69) is 57.2 Å². The quantitative estimate of drug-likeness (QED) is 0.0262. The summed E-state index contributed by atoms with van der Waals surface area (Å²) in [5, 5.41) is 0. The molecule has 1 atom stereocenters. The van der Waals surface area contributed by atoms with Gasteiger partial charge < -0.3 is 14.2 Å². The Kier molecular flexibility index (Phi) is 49.3. The van der Waals surface area contributed by atoms with Crippen molar-refractivity contribution in [1.29, 1.82) is 0 Å². The predicted octanol–water partition coefficient (Wildman–Crippen LogP) is 17.7. The summed E-state index contributed by atoms with van der Waals surface area (Å²) in [6.07, 6.45) is 59.8. The first-order valence-electron chi connectivity index (χ1n) is 27.0. The van der Waals surface area contributed by atoms with E-state index in [1.54, 1.807) is 0 Å². The minimum Gasteiger partial charge on any atom is -0.462 e. The van der Waals surface area contributed by atoms with Crippen molar-refractivity contribution in [2.45, 2.75) is 290 Å². The molecule has 362 valence electrons. The van der Waals surface area contributed by atoms with Crippen molar-refractivity contribution in [3.63, 3.8) is 0 Å². The van der Waals surface area contributed by atoms with Crippen LogP contribution in [-0.2, 0) is 28.6 Å². The van der Waals surface area contributed by atoms with E-state index in [0.717, 1.165) is 83.5 Å². The third-order valence-electron chi connectivity index (χ3n) is 11.9. The first-order valence-corrected chi connectivity index (χ1v) is 27.0. The highest BCUT2D eigenvalue weighted by Crippen LogP contribution is 2.16. The van der Waals surface area contributed by atoms with E-state index >= 15 is 0 Å². The van der Waals surface area contributed by atoms with Gasteiger partial charge in [-0.3, -0.25) is 14.4 Å². The van der Waals surface area contributed by atoms with Gasteiger partial charge in [0.2, 0.25) is 0 Å². The van der Waals surface area contributed by atoms with Crippen molar-refractivity contribution in [3.05, 3.63) is 36.5 Å². The molecule has 0 aliphatic rings. The predicted molar refractivity (Wildman–Crippen MR) is 266 cm³/mol. The van der Waals surface area contributed by atoms with Crippen LogP contribution in [0.25, 0.3) is 0 Å². The SMILES string of the molecule is CC/C=C\C/C=C\CCCCCCCCCC(=O)OC(COC(=O)CCCCCCC/C=C\CCCCCCCCC)COC(=O)CCCCCCCCCCCCCCCC. The molecule has 62 heavy (non-hydrogen) atoms. The zero-order valence-corrected chi connectivity index (χ0v) is 41.4. The van der Waals surface area contributed by atoms with E-state index < -0.39 is 6.10 Å². The van der Waals surface area contributed by atoms with E-state index in [4.69, 9.17) is 14.2 Å². The smallest absolute Gasteiger partial charge is 0.306 e. The Balaban J connectivity index is 4.36. The molecule has 0 saturated heterocycles. The summed E-state index contributed by atoms with van der Waals surface area (Å²) in [6.45, 7) is 6.55. The van der Waals surface area contributed by atoms with Gasteiger partial charge in [-0.25, -0.2) is 0 Å². The summed E-state index contributed by atoms with van der Waals surface area (Å²) in [5.74, 6) is -0.879. The highest BCUT2D eigenvalue weighted by atomic mass is 16.6. The van der Waals surface area contributed by atoms with Crippen molar-refractivity contribution < 1.29 is 28.6 Å². The second-order valence-electron chi connectivity index (χ2n) is 18.1. The van der Waals surface area contributed by atoms with Crippen LogP contribution in [0.2, 0.25) is 0 Å². The Labute approximate surface area is 385 Å². The number of unbranched alkanes of at least 4 members (excludes halogenated alkanes) is 32. The van der Waals surface area contributed by atoms with E-state index in [1.165, 1.54) is 161 Å². The molecule has 0 aliphatic heterocycles. The fourth-order valence-corrected chi connectivity index (χ4v) is 7.83. The zero-order chi connectivity index (χ0) is 45.1. The molecule has 0 aromatic carbocycles. The lowest BCUT2D eigenvalue weighted by molar-refractivity contribution is -0.167. The molecule has 0 aliphatic carbocycles. The van der Waals surface area contributed by atoms with Gasteiger partial charge in [-0.2, -0.15) is 0 Å². The van der Waals surface area contributed by atoms with Gasteiger partial charge in [0.1, 0.15) is 13.2 Å². The third-order valence-corrected chi connectivity index (χ3v) is 11.9. The molecule has 0 amide bonds. The maximum atomic E-state index is 12.8. The van der Waals surface area contributed by atoms with E-state index in [9.17, 15) is 14.4 Å². The summed E-state index contributed by atoms with van der Waals surface area (Å²) in [5.41, 5.74) is 0. The van der Waals surface area contributed by atoms with Gasteiger partial charge in [0.25, 0.3) is 0 Å². The monoisotopic (exact) mass is 871 g/mol. The van der Waals surface area contributed by atoms with Crippen molar-refractivity contribution >= 4 is 17.9 Å². The second kappa shape index (κ2) is 51.3. The molecule has 0 N–H and O–H groups in total. The number of carbonyl (C=O) groups excluding carboxylic acids is 3. The van der Waals surface area contributed by atoms with Crippen molar-refractivity contribution in [2.24, 2.45) is 0 Å². The molecule has 6 heteroatoms. The van der Waals surface area contributed by atoms with Crippen molar-refractivity contribution in [3.8, 4) is 0 Å². The molecule has 0 radical (unpaired) electrons. The topological polar surface area (TPSA) is 78.9 Å².